The van der Waals surface area contributed by atoms with Gasteiger partial charge < -0.3 is 39.2 Å². The van der Waals surface area contributed by atoms with Gasteiger partial charge in [-0.25, -0.2) is 0 Å². The second-order valence-electron chi connectivity index (χ2n) is 13.1. The maximum absolute atomic E-state index is 14.2. The first kappa shape index (κ1) is 28.8. The highest BCUT2D eigenvalue weighted by molar-refractivity contribution is 5.82. The van der Waals surface area contributed by atoms with E-state index in [-0.39, 0.29) is 61.0 Å². The number of hydrogen-bond acceptors (Lipinski definition) is 7. The molecule has 3 aliphatic carbocycles. The molecule has 0 spiro atoms. The molecule has 3 aliphatic heterocycles. The Hall–Kier alpha value is -1.30. The summed E-state index contributed by atoms with van der Waals surface area (Å²) in [7, 11) is 6.90. The molecule has 226 valence electrons. The minimum Gasteiger partial charge on any atom is -0.379 e. The Kier molecular flexibility index (Phi) is 8.73. The summed E-state index contributed by atoms with van der Waals surface area (Å²) >= 11 is 0. The van der Waals surface area contributed by atoms with Gasteiger partial charge in [-0.1, -0.05) is 0 Å². The van der Waals surface area contributed by atoms with Crippen molar-refractivity contribution in [3.63, 3.8) is 0 Å². The molecule has 10 heteroatoms. The van der Waals surface area contributed by atoms with E-state index in [9.17, 15) is 9.59 Å². The smallest absolute Gasteiger partial charge is 0.246 e. The van der Waals surface area contributed by atoms with Gasteiger partial charge in [-0.3, -0.25) is 9.59 Å². The standard InChI is InChI=1S/C30H49N3O7/c1-36-22-9-5-16(13-24(22)38-3)32-25(34)15-40-17-6-8-21-20(14-17)18-11-12-31-27-19-7-10-23(37-2)29(39-4)26(19)30(35)33(21)28(18)27/h16-24,26-29,31H,5-15H2,1-4H3,(H,32,34)/p+1. The topological polar surface area (TPSA) is 112 Å². The van der Waals surface area contributed by atoms with Gasteiger partial charge in [0.25, 0.3) is 0 Å². The molecule has 0 aromatic heterocycles. The van der Waals surface area contributed by atoms with Gasteiger partial charge >= 0.3 is 0 Å². The zero-order valence-electron chi connectivity index (χ0n) is 24.7. The van der Waals surface area contributed by atoms with Gasteiger partial charge in [-0.2, -0.15) is 0 Å². The molecule has 0 bridgehead atoms. The number of amides is 2. The molecular formula is C30H50N3O7+. The van der Waals surface area contributed by atoms with Crippen LogP contribution in [0.15, 0.2) is 0 Å². The number of carbonyl (C=O) groups excluding carboxylic acids is 2. The molecule has 10 nitrogen and oxygen atoms in total. The van der Waals surface area contributed by atoms with Crippen molar-refractivity contribution in [3.8, 4) is 0 Å². The quantitative estimate of drug-likeness (QED) is 0.441. The summed E-state index contributed by atoms with van der Waals surface area (Å²) in [5.41, 5.74) is 0. The van der Waals surface area contributed by atoms with Crippen LogP contribution in [-0.2, 0) is 33.3 Å². The normalized spacial score (nSPS) is 46.4. The summed E-state index contributed by atoms with van der Waals surface area (Å²) in [5, 5.41) is 5.69. The largest absolute Gasteiger partial charge is 0.379 e. The third-order valence-electron chi connectivity index (χ3n) is 11.5. The number of nitrogens with two attached hydrogens (primary N) is 1. The minimum atomic E-state index is -0.174. The van der Waals surface area contributed by atoms with Crippen LogP contribution in [0.1, 0.15) is 57.8 Å². The molecule has 0 radical (unpaired) electrons. The van der Waals surface area contributed by atoms with Gasteiger partial charge in [-0.05, 0) is 63.2 Å². The van der Waals surface area contributed by atoms with E-state index in [1.807, 2.05) is 0 Å². The first-order valence-electron chi connectivity index (χ1n) is 15.7. The van der Waals surface area contributed by atoms with Crippen LogP contribution < -0.4 is 10.6 Å². The highest BCUT2D eigenvalue weighted by Gasteiger charge is 2.66. The van der Waals surface area contributed by atoms with E-state index in [1.165, 1.54) is 0 Å². The van der Waals surface area contributed by atoms with Crippen LogP contribution in [0, 0.1) is 23.7 Å². The maximum Gasteiger partial charge on any atom is 0.246 e. The molecule has 3 saturated carbocycles. The number of rotatable bonds is 8. The van der Waals surface area contributed by atoms with Crippen molar-refractivity contribution >= 4 is 11.8 Å². The average molecular weight is 565 g/mol. The Morgan fingerprint density at radius 3 is 2.38 bits per heavy atom. The highest BCUT2D eigenvalue weighted by Crippen LogP contribution is 2.53. The van der Waals surface area contributed by atoms with Crippen molar-refractivity contribution in [2.75, 3.05) is 41.6 Å². The summed E-state index contributed by atoms with van der Waals surface area (Å²) in [6, 6.07) is 1.12. The molecule has 2 amide bonds. The van der Waals surface area contributed by atoms with E-state index in [0.717, 1.165) is 64.3 Å². The Morgan fingerprint density at radius 2 is 1.62 bits per heavy atom. The van der Waals surface area contributed by atoms with Crippen LogP contribution in [0.3, 0.4) is 0 Å². The van der Waals surface area contributed by atoms with Crippen LogP contribution >= 0.6 is 0 Å². The van der Waals surface area contributed by atoms with E-state index in [4.69, 9.17) is 23.7 Å². The summed E-state index contributed by atoms with van der Waals surface area (Å²) in [5.74, 6) is 1.44. The molecule has 6 rings (SSSR count). The van der Waals surface area contributed by atoms with Gasteiger partial charge in [0.15, 0.2) is 0 Å². The summed E-state index contributed by atoms with van der Waals surface area (Å²) in [6.07, 6.45) is 8.39. The van der Waals surface area contributed by atoms with Crippen molar-refractivity contribution in [1.82, 2.24) is 10.2 Å². The van der Waals surface area contributed by atoms with E-state index < -0.39 is 0 Å². The second-order valence-corrected chi connectivity index (χ2v) is 13.1. The van der Waals surface area contributed by atoms with Gasteiger partial charge in [-0.15, -0.1) is 0 Å². The van der Waals surface area contributed by atoms with Crippen LogP contribution in [0.25, 0.3) is 0 Å². The van der Waals surface area contributed by atoms with Crippen molar-refractivity contribution in [3.05, 3.63) is 0 Å². The lowest BCUT2D eigenvalue weighted by atomic mass is 9.64. The fraction of sp³-hybridized carbons (Fsp3) is 0.933. The monoisotopic (exact) mass is 564 g/mol. The molecule has 3 saturated heterocycles. The Labute approximate surface area is 238 Å². The molecule has 13 atom stereocenters. The number of quaternary nitrogens is 1. The van der Waals surface area contributed by atoms with Gasteiger partial charge in [0.05, 0.1) is 49.0 Å². The van der Waals surface area contributed by atoms with E-state index in [2.05, 4.69) is 15.5 Å². The highest BCUT2D eigenvalue weighted by atomic mass is 16.5. The molecule has 6 fully saturated rings. The molecule has 40 heavy (non-hydrogen) atoms. The summed E-state index contributed by atoms with van der Waals surface area (Å²) < 4.78 is 29.1. The average Bonchev–Trinajstić information content (AvgIpc) is 3.32. The third kappa shape index (κ3) is 5.00. The number of methoxy groups -OCH3 is 4. The Balaban J connectivity index is 1.08. The molecule has 3 heterocycles. The van der Waals surface area contributed by atoms with Crippen molar-refractivity contribution < 1.29 is 38.6 Å². The van der Waals surface area contributed by atoms with E-state index in [0.29, 0.717) is 35.7 Å². The number of carbonyl (C=O) groups is 2. The zero-order valence-corrected chi connectivity index (χ0v) is 24.7. The fourth-order valence-corrected chi connectivity index (χ4v) is 9.87. The van der Waals surface area contributed by atoms with E-state index >= 15 is 0 Å². The molecular weight excluding hydrogens is 514 g/mol. The third-order valence-corrected chi connectivity index (χ3v) is 11.5. The van der Waals surface area contributed by atoms with Gasteiger partial charge in [0.1, 0.15) is 12.6 Å². The lowest BCUT2D eigenvalue weighted by molar-refractivity contribution is -0.713. The first-order chi connectivity index (χ1) is 19.5. The van der Waals surface area contributed by atoms with Crippen LogP contribution in [0.4, 0.5) is 0 Å². The molecule has 3 N–H and O–H groups in total. The lowest BCUT2D eigenvalue weighted by Gasteiger charge is -2.53. The molecule has 0 aromatic carbocycles. The number of hydrogen-bond donors (Lipinski definition) is 2. The first-order valence-corrected chi connectivity index (χ1v) is 15.7. The zero-order chi connectivity index (χ0) is 28.0. The van der Waals surface area contributed by atoms with Crippen molar-refractivity contribution in [1.29, 1.82) is 0 Å². The van der Waals surface area contributed by atoms with Crippen LogP contribution in [0.2, 0.25) is 0 Å². The summed E-state index contributed by atoms with van der Waals surface area (Å²) in [6.45, 7) is 1.21. The predicted molar refractivity (Wildman–Crippen MR) is 145 cm³/mol. The van der Waals surface area contributed by atoms with Gasteiger partial charge in [0.2, 0.25) is 11.8 Å². The Bertz CT molecular complexity index is 922. The molecule has 13 unspecified atom stereocenters. The number of nitrogens with zero attached hydrogens (tertiary/aromatic N) is 1. The Morgan fingerprint density at radius 1 is 0.850 bits per heavy atom. The number of nitrogens with one attached hydrogen (secondary N) is 1. The fourth-order valence-electron chi connectivity index (χ4n) is 9.87. The number of piperidine rings is 2. The second kappa shape index (κ2) is 12.1. The predicted octanol–water partition coefficient (Wildman–Crippen LogP) is 0.472. The van der Waals surface area contributed by atoms with Crippen molar-refractivity contribution in [2.45, 2.75) is 112 Å². The van der Waals surface area contributed by atoms with Gasteiger partial charge in [0, 0.05) is 52.9 Å². The van der Waals surface area contributed by atoms with E-state index in [1.54, 1.807) is 28.4 Å². The maximum atomic E-state index is 14.2. The van der Waals surface area contributed by atoms with Crippen LogP contribution in [-0.4, -0.2) is 113 Å². The number of ether oxygens (including phenoxy) is 5. The van der Waals surface area contributed by atoms with Crippen LogP contribution in [0.5, 0.6) is 0 Å². The number of fused-ring (bicyclic) bond motifs is 5. The SMILES string of the molecule is COC1CCC(NC(=O)COC2CCC3C(C2)C2CC[NH2+]C4C5CCC(OC)C(OC)C5C(=O)N3C24)CC1OC. The molecule has 0 aromatic rings. The van der Waals surface area contributed by atoms with Crippen molar-refractivity contribution in [2.24, 2.45) is 23.7 Å². The lowest BCUT2D eigenvalue weighted by Crippen LogP contribution is -2.99. The summed E-state index contributed by atoms with van der Waals surface area (Å²) in [4.78, 5) is 29.3. The minimum absolute atomic E-state index is 0.00352. The molecule has 6 aliphatic rings.